The van der Waals surface area contributed by atoms with E-state index >= 15 is 0 Å². The van der Waals surface area contributed by atoms with E-state index in [9.17, 15) is 4.79 Å². The molecule has 1 atom stereocenters. The van der Waals surface area contributed by atoms with E-state index in [-0.39, 0.29) is 18.7 Å². The molecular weight excluding hydrogens is 264 g/mol. The lowest BCUT2D eigenvalue weighted by molar-refractivity contribution is -0.153. The topological polar surface area (TPSA) is 35.5 Å². The van der Waals surface area contributed by atoms with E-state index in [4.69, 9.17) is 9.47 Å². The fourth-order valence-electron chi connectivity index (χ4n) is 2.54. The largest absolute Gasteiger partial charge is 0.461 e. The minimum absolute atomic E-state index is 0.0640. The molecule has 21 heavy (non-hydrogen) atoms. The maximum Gasteiger partial charge on any atom is 0.332 e. The van der Waals surface area contributed by atoms with E-state index in [1.54, 1.807) is 0 Å². The summed E-state index contributed by atoms with van der Waals surface area (Å²) in [4.78, 5) is 11.3. The Morgan fingerprint density at radius 3 is 1.86 bits per heavy atom. The molecule has 126 valence electrons. The Labute approximate surface area is 131 Å². The molecule has 0 spiro atoms. The van der Waals surface area contributed by atoms with Crippen molar-refractivity contribution in [2.45, 2.75) is 97.0 Å². The van der Waals surface area contributed by atoms with Crippen LogP contribution in [0.1, 0.15) is 90.9 Å². The third-order valence-corrected chi connectivity index (χ3v) is 3.90. The molecule has 3 nitrogen and oxygen atoms in total. The number of rotatable bonds is 15. The van der Waals surface area contributed by atoms with Gasteiger partial charge in [0.25, 0.3) is 0 Å². The molecule has 0 aromatic heterocycles. The highest BCUT2D eigenvalue weighted by Gasteiger charge is 2.11. The minimum Gasteiger partial charge on any atom is -0.461 e. The monoisotopic (exact) mass is 300 g/mol. The zero-order chi connectivity index (χ0) is 15.8. The zero-order valence-electron chi connectivity index (χ0n) is 14.5. The predicted octanol–water partition coefficient (Wildman–Crippen LogP) is 5.27. The van der Waals surface area contributed by atoms with Crippen LogP contribution in [0.15, 0.2) is 0 Å². The minimum atomic E-state index is -0.239. The summed E-state index contributed by atoms with van der Waals surface area (Å²) < 4.78 is 10.1. The Morgan fingerprint density at radius 2 is 1.38 bits per heavy atom. The van der Waals surface area contributed by atoms with Crippen LogP contribution >= 0.6 is 0 Å². The lowest BCUT2D eigenvalue weighted by Crippen LogP contribution is -2.20. The zero-order valence-corrected chi connectivity index (χ0v) is 14.5. The third kappa shape index (κ3) is 14.1. The Hall–Kier alpha value is -0.570. The van der Waals surface area contributed by atoms with Gasteiger partial charge in [-0.2, -0.15) is 0 Å². The van der Waals surface area contributed by atoms with Crippen LogP contribution < -0.4 is 0 Å². The van der Waals surface area contributed by atoms with Gasteiger partial charge >= 0.3 is 5.97 Å². The van der Waals surface area contributed by atoms with Gasteiger partial charge in [-0.05, 0) is 19.3 Å². The molecule has 0 aliphatic carbocycles. The van der Waals surface area contributed by atoms with Crippen molar-refractivity contribution < 1.29 is 14.3 Å². The van der Waals surface area contributed by atoms with E-state index in [1.165, 1.54) is 64.9 Å². The third-order valence-electron chi connectivity index (χ3n) is 3.90. The van der Waals surface area contributed by atoms with E-state index in [0.717, 1.165) is 19.3 Å². The number of carbonyl (C=O) groups is 1. The molecule has 0 fully saturated rings. The summed E-state index contributed by atoms with van der Waals surface area (Å²) in [6, 6.07) is 0. The first-order chi connectivity index (χ1) is 10.2. The molecule has 0 amide bonds. The molecule has 0 saturated carbocycles. The molecule has 0 rings (SSSR count). The fraction of sp³-hybridized carbons (Fsp3) is 0.944. The number of esters is 1. The number of unbranched alkanes of at least 4 members (excludes halogenated alkanes) is 9. The van der Waals surface area contributed by atoms with Crippen LogP contribution in [0.5, 0.6) is 0 Å². The smallest absolute Gasteiger partial charge is 0.332 e. The molecule has 1 unspecified atom stereocenters. The van der Waals surface area contributed by atoms with Gasteiger partial charge in [-0.15, -0.1) is 0 Å². The van der Waals surface area contributed by atoms with Crippen LogP contribution in [-0.2, 0) is 14.3 Å². The molecule has 0 heterocycles. The van der Waals surface area contributed by atoms with Crippen molar-refractivity contribution in [3.8, 4) is 0 Å². The van der Waals surface area contributed by atoms with E-state index < -0.39 is 0 Å². The summed E-state index contributed by atoms with van der Waals surface area (Å²) in [7, 11) is 1.52. The number of methoxy groups -OCH3 is 1. The van der Waals surface area contributed by atoms with Crippen molar-refractivity contribution in [2.24, 2.45) is 0 Å². The summed E-state index contributed by atoms with van der Waals surface area (Å²) in [5.74, 6) is -0.239. The summed E-state index contributed by atoms with van der Waals surface area (Å²) in [5.41, 5.74) is 0. The Morgan fingerprint density at radius 1 is 0.857 bits per heavy atom. The van der Waals surface area contributed by atoms with Gasteiger partial charge in [-0.1, -0.05) is 71.6 Å². The molecular formula is C18H36O3. The first-order valence-corrected chi connectivity index (χ1v) is 8.93. The Kier molecular flexibility index (Phi) is 15.4. The van der Waals surface area contributed by atoms with Crippen molar-refractivity contribution in [2.75, 3.05) is 13.7 Å². The number of ether oxygens (including phenoxy) is 2. The highest BCUT2D eigenvalue weighted by Crippen LogP contribution is 2.14. The molecule has 0 radical (unpaired) electrons. The summed E-state index contributed by atoms with van der Waals surface area (Å²) >= 11 is 0. The molecule has 0 aliphatic rings. The predicted molar refractivity (Wildman–Crippen MR) is 88.5 cm³/mol. The first kappa shape index (κ1) is 20.4. The van der Waals surface area contributed by atoms with Crippen LogP contribution in [0.25, 0.3) is 0 Å². The van der Waals surface area contributed by atoms with Gasteiger partial charge in [0, 0.05) is 7.11 Å². The fourth-order valence-corrected chi connectivity index (χ4v) is 2.54. The highest BCUT2D eigenvalue weighted by atomic mass is 16.6. The second-order valence-corrected chi connectivity index (χ2v) is 5.92. The summed E-state index contributed by atoms with van der Waals surface area (Å²) in [6.45, 7) is 4.39. The molecule has 3 heteroatoms. The molecule has 0 aromatic rings. The Balaban J connectivity index is 3.37. The second kappa shape index (κ2) is 15.8. The van der Waals surface area contributed by atoms with Crippen LogP contribution in [0.3, 0.4) is 0 Å². The highest BCUT2D eigenvalue weighted by molar-refractivity contribution is 5.70. The van der Waals surface area contributed by atoms with Gasteiger partial charge in [0.2, 0.25) is 0 Å². The quantitative estimate of drug-likeness (QED) is 0.305. The average molecular weight is 300 g/mol. The molecule has 0 saturated heterocycles. The second-order valence-electron chi connectivity index (χ2n) is 5.92. The summed E-state index contributed by atoms with van der Waals surface area (Å²) in [6.07, 6.45) is 15.3. The van der Waals surface area contributed by atoms with Crippen molar-refractivity contribution in [1.29, 1.82) is 0 Å². The van der Waals surface area contributed by atoms with E-state index in [1.807, 2.05) is 0 Å². The average Bonchev–Trinajstić information content (AvgIpc) is 2.48. The molecule has 0 aromatic carbocycles. The maximum absolute atomic E-state index is 11.3. The first-order valence-electron chi connectivity index (χ1n) is 8.93. The molecule has 0 bridgehead atoms. The van der Waals surface area contributed by atoms with E-state index in [0.29, 0.717) is 0 Å². The van der Waals surface area contributed by atoms with E-state index in [2.05, 4.69) is 13.8 Å². The van der Waals surface area contributed by atoms with Gasteiger partial charge in [-0.25, -0.2) is 4.79 Å². The van der Waals surface area contributed by atoms with Crippen molar-refractivity contribution >= 4 is 5.97 Å². The molecule has 0 aliphatic heterocycles. The van der Waals surface area contributed by atoms with Crippen LogP contribution in [0, 0.1) is 0 Å². The van der Waals surface area contributed by atoms with Gasteiger partial charge < -0.3 is 9.47 Å². The normalized spacial score (nSPS) is 12.3. The summed E-state index contributed by atoms with van der Waals surface area (Å²) in [5, 5.41) is 0. The molecule has 0 N–H and O–H groups in total. The van der Waals surface area contributed by atoms with Crippen LogP contribution in [0.4, 0.5) is 0 Å². The van der Waals surface area contributed by atoms with Crippen molar-refractivity contribution in [1.82, 2.24) is 0 Å². The maximum atomic E-state index is 11.3. The standard InChI is InChI=1S/C18H36O3/c1-4-6-7-8-9-10-11-12-13-14-15-17(5-2)21-18(19)16-20-3/h17H,4-16H2,1-3H3. The number of hydrogen-bond donors (Lipinski definition) is 0. The number of carbonyl (C=O) groups excluding carboxylic acids is 1. The Bertz CT molecular complexity index is 229. The van der Waals surface area contributed by atoms with Gasteiger partial charge in [-0.3, -0.25) is 0 Å². The van der Waals surface area contributed by atoms with Gasteiger partial charge in [0.05, 0.1) is 0 Å². The number of hydrogen-bond acceptors (Lipinski definition) is 3. The SMILES string of the molecule is CCCCCCCCCCCCC(CC)OC(=O)COC. The van der Waals surface area contributed by atoms with Crippen molar-refractivity contribution in [3.05, 3.63) is 0 Å². The van der Waals surface area contributed by atoms with Crippen molar-refractivity contribution in [3.63, 3.8) is 0 Å². The van der Waals surface area contributed by atoms with Crippen LogP contribution in [-0.4, -0.2) is 25.8 Å². The lowest BCUT2D eigenvalue weighted by Gasteiger charge is -2.15. The van der Waals surface area contributed by atoms with Gasteiger partial charge in [0.15, 0.2) is 0 Å². The van der Waals surface area contributed by atoms with Gasteiger partial charge in [0.1, 0.15) is 12.7 Å². The van der Waals surface area contributed by atoms with Crippen LogP contribution in [0.2, 0.25) is 0 Å². The lowest BCUT2D eigenvalue weighted by atomic mass is 10.0.